The van der Waals surface area contributed by atoms with Crippen molar-refractivity contribution in [3.8, 4) is 0 Å². The summed E-state index contributed by atoms with van der Waals surface area (Å²) < 4.78 is 1.97. The number of nitrogens with one attached hydrogen (secondary N) is 1. The van der Waals surface area contributed by atoms with E-state index in [4.69, 9.17) is 0 Å². The summed E-state index contributed by atoms with van der Waals surface area (Å²) in [7, 11) is 0. The van der Waals surface area contributed by atoms with Gasteiger partial charge in [0.1, 0.15) is 6.33 Å². The first-order valence-electron chi connectivity index (χ1n) is 10.4. The highest BCUT2D eigenvalue weighted by Gasteiger charge is 2.29. The summed E-state index contributed by atoms with van der Waals surface area (Å²) in [6.45, 7) is 5.25. The van der Waals surface area contributed by atoms with Crippen LogP contribution in [-0.4, -0.2) is 62.1 Å². The Morgan fingerprint density at radius 3 is 2.61 bits per heavy atom. The van der Waals surface area contributed by atoms with Gasteiger partial charge in [-0.05, 0) is 12.0 Å². The topological polar surface area (TPSA) is 105 Å². The molecule has 1 aliphatic rings. The van der Waals surface area contributed by atoms with Crippen molar-refractivity contribution in [1.82, 2.24) is 24.4 Å². The third-order valence-electron chi connectivity index (χ3n) is 5.35. The van der Waals surface area contributed by atoms with Gasteiger partial charge in [-0.2, -0.15) is 0 Å². The van der Waals surface area contributed by atoms with E-state index in [0.717, 1.165) is 32.6 Å². The third kappa shape index (κ3) is 5.34. The van der Waals surface area contributed by atoms with Gasteiger partial charge >= 0.3 is 5.69 Å². The van der Waals surface area contributed by atoms with Gasteiger partial charge in [0.05, 0.1) is 11.3 Å². The molecule has 0 amide bonds. The highest BCUT2D eigenvalue weighted by atomic mass is 16.6. The Kier molecular flexibility index (Phi) is 6.68. The predicted octanol–water partition coefficient (Wildman–Crippen LogP) is 2.41. The second-order valence-corrected chi connectivity index (χ2v) is 7.48. The van der Waals surface area contributed by atoms with E-state index in [9.17, 15) is 10.1 Å². The van der Waals surface area contributed by atoms with Gasteiger partial charge in [-0.25, -0.2) is 15.0 Å². The molecule has 1 aromatic carbocycles. The lowest BCUT2D eigenvalue weighted by Crippen LogP contribution is -2.46. The standard InChI is InChI=1S/C21H26N8O2/c30-29(31)19-20(23-7-4-9-27-10-8-22-17-27)24-16-25-21(19)28-13-11-26(12-14-28)15-18-5-2-1-3-6-18/h1-3,5-6,8,10,16-17H,4,7,9,11-15H2,(H,23,24,25). The summed E-state index contributed by atoms with van der Waals surface area (Å²) in [6, 6.07) is 10.3. The Hall–Kier alpha value is -3.53. The minimum atomic E-state index is -0.385. The minimum absolute atomic E-state index is 0.0540. The van der Waals surface area contributed by atoms with Crippen LogP contribution >= 0.6 is 0 Å². The van der Waals surface area contributed by atoms with E-state index >= 15 is 0 Å². The number of nitrogens with zero attached hydrogens (tertiary/aromatic N) is 7. The summed E-state index contributed by atoms with van der Waals surface area (Å²) in [5, 5.41) is 15.0. The molecule has 1 N–H and O–H groups in total. The maximum absolute atomic E-state index is 11.8. The van der Waals surface area contributed by atoms with Crippen LogP contribution in [0.25, 0.3) is 0 Å². The van der Waals surface area contributed by atoms with Crippen LogP contribution in [0, 0.1) is 10.1 Å². The second-order valence-electron chi connectivity index (χ2n) is 7.48. The number of piperazine rings is 1. The molecular formula is C21H26N8O2. The molecular weight excluding hydrogens is 396 g/mol. The molecule has 0 saturated carbocycles. The molecule has 162 valence electrons. The van der Waals surface area contributed by atoms with Crippen molar-refractivity contribution in [2.45, 2.75) is 19.5 Å². The minimum Gasteiger partial charge on any atom is -0.364 e. The first-order valence-corrected chi connectivity index (χ1v) is 10.4. The molecule has 10 nitrogen and oxygen atoms in total. The van der Waals surface area contributed by atoms with E-state index in [1.165, 1.54) is 11.9 Å². The van der Waals surface area contributed by atoms with Crippen LogP contribution in [0.15, 0.2) is 55.4 Å². The molecule has 10 heteroatoms. The molecule has 3 aromatic rings. The molecule has 1 fully saturated rings. The van der Waals surface area contributed by atoms with Crippen LogP contribution in [-0.2, 0) is 13.1 Å². The quantitative estimate of drug-likeness (QED) is 0.318. The number of nitro groups is 1. The van der Waals surface area contributed by atoms with Gasteiger partial charge in [0.2, 0.25) is 11.6 Å². The second kappa shape index (κ2) is 9.98. The number of rotatable bonds is 9. The highest BCUT2D eigenvalue weighted by Crippen LogP contribution is 2.32. The molecule has 3 heterocycles. The normalized spacial score (nSPS) is 14.5. The largest absolute Gasteiger partial charge is 0.364 e. The monoisotopic (exact) mass is 422 g/mol. The smallest absolute Gasteiger partial charge is 0.353 e. The van der Waals surface area contributed by atoms with Crippen molar-refractivity contribution in [2.75, 3.05) is 42.9 Å². The van der Waals surface area contributed by atoms with E-state index in [-0.39, 0.29) is 16.4 Å². The lowest BCUT2D eigenvalue weighted by Gasteiger charge is -2.35. The number of anilines is 2. The molecule has 1 aliphatic heterocycles. The SMILES string of the molecule is O=[N+]([O-])c1c(NCCCn2ccnc2)ncnc1N1CCN(Cc2ccccc2)CC1. The summed E-state index contributed by atoms with van der Waals surface area (Å²) in [5.74, 6) is 0.656. The van der Waals surface area contributed by atoms with Gasteiger partial charge in [-0.3, -0.25) is 15.0 Å². The van der Waals surface area contributed by atoms with Crippen molar-refractivity contribution < 1.29 is 4.92 Å². The molecule has 4 rings (SSSR count). The Morgan fingerprint density at radius 2 is 1.90 bits per heavy atom. The van der Waals surface area contributed by atoms with Gasteiger partial charge in [0.25, 0.3) is 0 Å². The lowest BCUT2D eigenvalue weighted by atomic mass is 10.2. The fraction of sp³-hybridized carbons (Fsp3) is 0.381. The van der Waals surface area contributed by atoms with Crippen LogP contribution < -0.4 is 10.2 Å². The molecule has 0 atom stereocenters. The summed E-state index contributed by atoms with van der Waals surface area (Å²) in [4.78, 5) is 28.2. The maximum Gasteiger partial charge on any atom is 0.353 e. The summed E-state index contributed by atoms with van der Waals surface area (Å²) in [6.07, 6.45) is 7.57. The van der Waals surface area contributed by atoms with Crippen LogP contribution in [0.2, 0.25) is 0 Å². The zero-order valence-electron chi connectivity index (χ0n) is 17.3. The van der Waals surface area contributed by atoms with Gasteiger partial charge in [0, 0.05) is 58.2 Å². The third-order valence-corrected chi connectivity index (χ3v) is 5.35. The summed E-state index contributed by atoms with van der Waals surface area (Å²) in [5.41, 5.74) is 1.22. The van der Waals surface area contributed by atoms with Crippen LogP contribution in [0.3, 0.4) is 0 Å². The van der Waals surface area contributed by atoms with Crippen LogP contribution in [0.5, 0.6) is 0 Å². The zero-order valence-corrected chi connectivity index (χ0v) is 17.3. The van der Waals surface area contributed by atoms with E-state index in [1.807, 2.05) is 33.9 Å². The van der Waals surface area contributed by atoms with Gasteiger partial charge in [0.15, 0.2) is 0 Å². The van der Waals surface area contributed by atoms with Crippen molar-refractivity contribution in [3.63, 3.8) is 0 Å². The van der Waals surface area contributed by atoms with Crippen molar-refractivity contribution in [2.24, 2.45) is 0 Å². The van der Waals surface area contributed by atoms with Gasteiger partial charge in [-0.1, -0.05) is 30.3 Å². The molecule has 1 saturated heterocycles. The maximum atomic E-state index is 11.8. The number of aryl methyl sites for hydroxylation is 1. The fourth-order valence-electron chi connectivity index (χ4n) is 3.75. The van der Waals surface area contributed by atoms with Gasteiger partial charge < -0.3 is 14.8 Å². The first kappa shape index (κ1) is 20.7. The van der Waals surface area contributed by atoms with Crippen molar-refractivity contribution in [1.29, 1.82) is 0 Å². The molecule has 0 spiro atoms. The molecule has 2 aromatic heterocycles. The Labute approximate surface area is 180 Å². The van der Waals surface area contributed by atoms with E-state index < -0.39 is 0 Å². The summed E-state index contributed by atoms with van der Waals surface area (Å²) >= 11 is 0. The van der Waals surface area contributed by atoms with Crippen LogP contribution in [0.4, 0.5) is 17.3 Å². The molecule has 0 unspecified atom stereocenters. The first-order chi connectivity index (χ1) is 15.2. The average molecular weight is 422 g/mol. The van der Waals surface area contributed by atoms with Crippen molar-refractivity contribution >= 4 is 17.3 Å². The van der Waals surface area contributed by atoms with Crippen molar-refractivity contribution in [3.05, 3.63) is 71.1 Å². The molecule has 0 bridgehead atoms. The zero-order chi connectivity index (χ0) is 21.5. The number of benzene rings is 1. The molecule has 31 heavy (non-hydrogen) atoms. The fourth-order valence-corrected chi connectivity index (χ4v) is 3.75. The molecule has 0 aliphatic carbocycles. The number of hydrogen-bond donors (Lipinski definition) is 1. The lowest BCUT2D eigenvalue weighted by molar-refractivity contribution is -0.383. The highest BCUT2D eigenvalue weighted by molar-refractivity contribution is 5.70. The number of hydrogen-bond acceptors (Lipinski definition) is 8. The van der Waals surface area contributed by atoms with E-state index in [0.29, 0.717) is 25.5 Å². The Balaban J connectivity index is 1.37. The van der Waals surface area contributed by atoms with E-state index in [2.05, 4.69) is 37.3 Å². The Morgan fingerprint density at radius 1 is 1.10 bits per heavy atom. The van der Waals surface area contributed by atoms with E-state index in [1.54, 1.807) is 12.5 Å². The predicted molar refractivity (Wildman–Crippen MR) is 118 cm³/mol. The van der Waals surface area contributed by atoms with Crippen LogP contribution in [0.1, 0.15) is 12.0 Å². The number of imidazole rings is 1. The Bertz CT molecular complexity index is 972. The van der Waals surface area contributed by atoms with Gasteiger partial charge in [-0.15, -0.1) is 0 Å². The average Bonchev–Trinajstić information content (AvgIpc) is 3.31. The number of aromatic nitrogens is 4. The molecule has 0 radical (unpaired) electrons.